The maximum Gasteiger partial charge on any atom is 0.234 e. The van der Waals surface area contributed by atoms with E-state index in [1.165, 1.54) is 11.8 Å². The minimum atomic E-state index is -0.100. The molecule has 1 N–H and O–H groups in total. The average molecular weight is 478 g/mol. The van der Waals surface area contributed by atoms with Gasteiger partial charge in [0.05, 0.1) is 11.4 Å². The topological polar surface area (TPSA) is 69.0 Å². The summed E-state index contributed by atoms with van der Waals surface area (Å²) < 4.78 is 8.65. The van der Waals surface area contributed by atoms with E-state index >= 15 is 0 Å². The van der Waals surface area contributed by atoms with E-state index in [4.69, 9.17) is 4.74 Å². The van der Waals surface area contributed by atoms with Gasteiger partial charge in [-0.1, -0.05) is 11.8 Å². The number of carbonyl (C=O) groups is 1. The lowest BCUT2D eigenvalue weighted by atomic mass is 10.2. The Morgan fingerprint density at radius 3 is 2.75 bits per heavy atom. The molecule has 1 heterocycles. The zero-order valence-electron chi connectivity index (χ0n) is 13.4. The Morgan fingerprint density at radius 1 is 1.38 bits per heavy atom. The number of aromatic nitrogens is 3. The number of thioether (sulfide) groups is 1. The first-order valence-corrected chi connectivity index (χ1v) is 9.83. The number of amides is 1. The second-order valence-corrected chi connectivity index (χ2v) is 7.74. The van der Waals surface area contributed by atoms with E-state index in [1.807, 2.05) is 23.6 Å². The molecule has 0 aliphatic carbocycles. The fraction of sp³-hybridized carbons (Fsp3) is 0.400. The predicted octanol–water partition coefficient (Wildman–Crippen LogP) is 3.88. The van der Waals surface area contributed by atoms with Crippen LogP contribution in [0.4, 0.5) is 5.69 Å². The Labute approximate surface area is 162 Å². The van der Waals surface area contributed by atoms with Crippen molar-refractivity contribution in [2.24, 2.45) is 0 Å². The molecular weight excluding hydrogens is 460 g/mol. The summed E-state index contributed by atoms with van der Waals surface area (Å²) in [6.45, 7) is 3.44. The molecule has 1 amide bonds. The van der Waals surface area contributed by atoms with Gasteiger partial charge in [0.15, 0.2) is 5.16 Å². The van der Waals surface area contributed by atoms with Gasteiger partial charge in [-0.3, -0.25) is 4.79 Å². The molecule has 0 unspecified atom stereocenters. The quantitative estimate of drug-likeness (QED) is 0.461. The van der Waals surface area contributed by atoms with Crippen molar-refractivity contribution >= 4 is 55.2 Å². The van der Waals surface area contributed by atoms with Crippen LogP contribution in [0.2, 0.25) is 0 Å². The first-order valence-electron chi connectivity index (χ1n) is 7.26. The minimum absolute atomic E-state index is 0.100. The molecule has 0 atom stereocenters. The molecule has 1 aromatic heterocycles. The lowest BCUT2D eigenvalue weighted by Crippen LogP contribution is -2.15. The summed E-state index contributed by atoms with van der Waals surface area (Å²) in [6.07, 6.45) is 2.54. The van der Waals surface area contributed by atoms with Crippen molar-refractivity contribution < 1.29 is 9.53 Å². The molecule has 24 heavy (non-hydrogen) atoms. The van der Waals surface area contributed by atoms with Crippen molar-refractivity contribution in [2.75, 3.05) is 24.8 Å². The fourth-order valence-corrected chi connectivity index (χ4v) is 4.37. The molecular formula is C15H18Br2N4O2S. The van der Waals surface area contributed by atoms with Gasteiger partial charge in [0.2, 0.25) is 5.91 Å². The summed E-state index contributed by atoms with van der Waals surface area (Å²) in [5.41, 5.74) is 1.83. The number of benzene rings is 1. The molecule has 0 aliphatic rings. The molecule has 0 radical (unpaired) electrons. The van der Waals surface area contributed by atoms with Gasteiger partial charge in [0, 0.05) is 29.2 Å². The molecule has 2 aromatic rings. The monoisotopic (exact) mass is 476 g/mol. The van der Waals surface area contributed by atoms with Gasteiger partial charge in [-0.15, -0.1) is 10.2 Å². The number of rotatable bonds is 8. The fourth-order valence-electron chi connectivity index (χ4n) is 2.01. The maximum atomic E-state index is 12.2. The Balaban J connectivity index is 1.91. The van der Waals surface area contributed by atoms with Crippen LogP contribution in [0, 0.1) is 6.92 Å². The number of carbonyl (C=O) groups excluding carboxylic acids is 1. The Morgan fingerprint density at radius 2 is 2.08 bits per heavy atom. The van der Waals surface area contributed by atoms with Gasteiger partial charge in [-0.05, 0) is 62.9 Å². The van der Waals surface area contributed by atoms with Crippen LogP contribution in [0.15, 0.2) is 32.6 Å². The first kappa shape index (κ1) is 19.4. The lowest BCUT2D eigenvalue weighted by Gasteiger charge is -2.11. The van der Waals surface area contributed by atoms with Crippen LogP contribution in [-0.2, 0) is 16.1 Å². The molecule has 2 rings (SSSR count). The van der Waals surface area contributed by atoms with Gasteiger partial charge in [0.1, 0.15) is 6.33 Å². The normalized spacial score (nSPS) is 10.8. The summed E-state index contributed by atoms with van der Waals surface area (Å²) in [5, 5.41) is 11.6. The number of ether oxygens (including phenoxy) is 1. The van der Waals surface area contributed by atoms with Gasteiger partial charge < -0.3 is 14.6 Å². The second kappa shape index (κ2) is 9.55. The van der Waals surface area contributed by atoms with Crippen LogP contribution >= 0.6 is 43.6 Å². The van der Waals surface area contributed by atoms with Crippen molar-refractivity contribution in [3.8, 4) is 0 Å². The molecule has 0 saturated heterocycles. The third-order valence-electron chi connectivity index (χ3n) is 3.11. The zero-order chi connectivity index (χ0) is 17.5. The largest absolute Gasteiger partial charge is 0.385 e. The minimum Gasteiger partial charge on any atom is -0.385 e. The van der Waals surface area contributed by atoms with E-state index in [1.54, 1.807) is 13.4 Å². The molecule has 0 aliphatic heterocycles. The summed E-state index contributed by atoms with van der Waals surface area (Å²) >= 11 is 8.31. The van der Waals surface area contributed by atoms with Gasteiger partial charge in [-0.2, -0.15) is 0 Å². The number of methoxy groups -OCH3 is 1. The van der Waals surface area contributed by atoms with Crippen molar-refractivity contribution in [2.45, 2.75) is 25.0 Å². The smallest absolute Gasteiger partial charge is 0.234 e. The Bertz CT molecular complexity index is 686. The SMILES string of the molecule is COCCCn1cnnc1SCC(=O)Nc1c(Br)cc(C)cc1Br. The van der Waals surface area contributed by atoms with Crippen molar-refractivity contribution in [1.29, 1.82) is 0 Å². The number of anilines is 1. The third-order valence-corrected chi connectivity index (χ3v) is 5.34. The third kappa shape index (κ3) is 5.58. The highest BCUT2D eigenvalue weighted by Gasteiger charge is 2.12. The molecule has 0 spiro atoms. The van der Waals surface area contributed by atoms with Crippen molar-refractivity contribution in [1.82, 2.24) is 14.8 Å². The second-order valence-electron chi connectivity index (χ2n) is 5.09. The standard InChI is InChI=1S/C15H18Br2N4O2S/c1-10-6-11(16)14(12(17)7-10)19-13(22)8-24-15-20-18-9-21(15)4-3-5-23-2/h6-7,9H,3-5,8H2,1-2H3,(H,19,22). The number of nitrogens with zero attached hydrogens (tertiary/aromatic N) is 3. The number of nitrogens with one attached hydrogen (secondary N) is 1. The van der Waals surface area contributed by atoms with Crippen molar-refractivity contribution in [3.05, 3.63) is 33.0 Å². The Kier molecular flexibility index (Phi) is 7.73. The van der Waals surface area contributed by atoms with Gasteiger partial charge >= 0.3 is 0 Å². The van der Waals surface area contributed by atoms with Crippen LogP contribution in [0.3, 0.4) is 0 Å². The summed E-state index contributed by atoms with van der Waals surface area (Å²) in [7, 11) is 1.67. The zero-order valence-corrected chi connectivity index (χ0v) is 17.4. The molecule has 0 saturated carbocycles. The molecule has 0 fully saturated rings. The number of aryl methyl sites for hydroxylation is 2. The lowest BCUT2D eigenvalue weighted by molar-refractivity contribution is -0.113. The van der Waals surface area contributed by atoms with Crippen LogP contribution in [0.5, 0.6) is 0 Å². The molecule has 6 nitrogen and oxygen atoms in total. The van der Waals surface area contributed by atoms with E-state index in [0.717, 1.165) is 38.3 Å². The van der Waals surface area contributed by atoms with Crippen molar-refractivity contribution in [3.63, 3.8) is 0 Å². The summed E-state index contributed by atoms with van der Waals surface area (Å²) in [6, 6.07) is 3.92. The summed E-state index contributed by atoms with van der Waals surface area (Å²) in [4.78, 5) is 12.2. The first-order chi connectivity index (χ1) is 11.5. The molecule has 9 heteroatoms. The number of halogens is 2. The van der Waals surface area contributed by atoms with Crippen LogP contribution in [0.25, 0.3) is 0 Å². The van der Waals surface area contributed by atoms with E-state index in [-0.39, 0.29) is 11.7 Å². The van der Waals surface area contributed by atoms with E-state index in [9.17, 15) is 4.79 Å². The van der Waals surface area contributed by atoms with Crippen LogP contribution < -0.4 is 5.32 Å². The highest BCUT2D eigenvalue weighted by atomic mass is 79.9. The summed E-state index contributed by atoms with van der Waals surface area (Å²) in [5.74, 6) is 0.159. The highest BCUT2D eigenvalue weighted by Crippen LogP contribution is 2.32. The number of hydrogen-bond acceptors (Lipinski definition) is 5. The van der Waals surface area contributed by atoms with E-state index in [2.05, 4.69) is 47.4 Å². The van der Waals surface area contributed by atoms with E-state index < -0.39 is 0 Å². The van der Waals surface area contributed by atoms with Crippen LogP contribution in [-0.4, -0.2) is 40.1 Å². The van der Waals surface area contributed by atoms with Crippen LogP contribution in [0.1, 0.15) is 12.0 Å². The van der Waals surface area contributed by atoms with Gasteiger partial charge in [-0.25, -0.2) is 0 Å². The average Bonchev–Trinajstić information content (AvgIpc) is 2.96. The predicted molar refractivity (Wildman–Crippen MR) is 102 cm³/mol. The van der Waals surface area contributed by atoms with Gasteiger partial charge in [0.25, 0.3) is 0 Å². The molecule has 1 aromatic carbocycles. The van der Waals surface area contributed by atoms with E-state index in [0.29, 0.717) is 6.61 Å². The Hall–Kier alpha value is -0.900. The maximum absolute atomic E-state index is 12.2. The molecule has 0 bridgehead atoms. The molecule has 130 valence electrons. The highest BCUT2D eigenvalue weighted by molar-refractivity contribution is 9.11. The number of hydrogen-bond donors (Lipinski definition) is 1.